The summed E-state index contributed by atoms with van der Waals surface area (Å²) < 4.78 is 0. The van der Waals surface area contributed by atoms with Crippen LogP contribution in [0, 0.1) is 0 Å². The Hall–Kier alpha value is -1.71. The Labute approximate surface area is 62.0 Å². The van der Waals surface area contributed by atoms with Gasteiger partial charge in [0.25, 0.3) is 5.56 Å². The molecule has 2 rings (SSSR count). The van der Waals surface area contributed by atoms with Gasteiger partial charge in [0, 0.05) is 17.6 Å². The molecule has 11 heavy (non-hydrogen) atoms. The molecule has 0 aliphatic rings. The van der Waals surface area contributed by atoms with Gasteiger partial charge >= 0.3 is 0 Å². The molecule has 4 heteroatoms. The van der Waals surface area contributed by atoms with E-state index in [-0.39, 0.29) is 5.56 Å². The molecule has 0 saturated heterocycles. The zero-order valence-electron chi connectivity index (χ0n) is 5.72. The van der Waals surface area contributed by atoms with E-state index in [4.69, 9.17) is 5.73 Å². The number of H-pyrrole nitrogens is 2. The Morgan fingerprint density at radius 3 is 3.09 bits per heavy atom. The lowest BCUT2D eigenvalue weighted by atomic mass is 10.3. The Kier molecular flexibility index (Phi) is 1.03. The van der Waals surface area contributed by atoms with E-state index in [1.54, 1.807) is 6.20 Å². The molecule has 0 aliphatic heterocycles. The van der Waals surface area contributed by atoms with E-state index in [1.807, 2.05) is 6.07 Å². The van der Waals surface area contributed by atoms with Crippen LogP contribution >= 0.6 is 0 Å². The lowest BCUT2D eigenvalue weighted by Crippen LogP contribution is -2.06. The number of aromatic nitrogens is 2. The molecule has 0 saturated carbocycles. The standard InChI is InChI=1S/C7H7N3O/c8-7-4-1-2-9-5(4)3-6(11)10-7/h1-3,9H,(H3,8,10,11). The Bertz CT molecular complexity index is 440. The molecule has 0 unspecified atom stereocenters. The second-order valence-electron chi connectivity index (χ2n) is 2.35. The van der Waals surface area contributed by atoms with Gasteiger partial charge in [0.15, 0.2) is 0 Å². The fraction of sp³-hybridized carbons (Fsp3) is 0. The van der Waals surface area contributed by atoms with Gasteiger partial charge in [-0.3, -0.25) is 4.79 Å². The lowest BCUT2D eigenvalue weighted by Gasteiger charge is -1.93. The fourth-order valence-electron chi connectivity index (χ4n) is 1.10. The molecule has 0 amide bonds. The monoisotopic (exact) mass is 149 g/mol. The van der Waals surface area contributed by atoms with Gasteiger partial charge in [-0.05, 0) is 6.07 Å². The Morgan fingerprint density at radius 1 is 1.45 bits per heavy atom. The van der Waals surface area contributed by atoms with Crippen molar-refractivity contribution in [3.8, 4) is 0 Å². The first kappa shape index (κ1) is 6.03. The summed E-state index contributed by atoms with van der Waals surface area (Å²) in [5, 5.41) is 0.851. The average molecular weight is 149 g/mol. The third kappa shape index (κ3) is 0.797. The van der Waals surface area contributed by atoms with E-state index in [0.29, 0.717) is 5.82 Å². The highest BCUT2D eigenvalue weighted by molar-refractivity contribution is 5.88. The second-order valence-corrected chi connectivity index (χ2v) is 2.35. The zero-order chi connectivity index (χ0) is 7.84. The van der Waals surface area contributed by atoms with Crippen LogP contribution in [0.25, 0.3) is 10.9 Å². The number of nitrogens with one attached hydrogen (secondary N) is 2. The lowest BCUT2D eigenvalue weighted by molar-refractivity contribution is 1.27. The van der Waals surface area contributed by atoms with Gasteiger partial charge in [0.05, 0.1) is 5.52 Å². The van der Waals surface area contributed by atoms with Crippen LogP contribution in [0.4, 0.5) is 5.82 Å². The zero-order valence-corrected chi connectivity index (χ0v) is 5.72. The van der Waals surface area contributed by atoms with Crippen LogP contribution in [-0.2, 0) is 0 Å². The van der Waals surface area contributed by atoms with Crippen LogP contribution in [0.15, 0.2) is 23.1 Å². The molecule has 0 spiro atoms. The van der Waals surface area contributed by atoms with Crippen molar-refractivity contribution in [1.29, 1.82) is 0 Å². The van der Waals surface area contributed by atoms with E-state index in [2.05, 4.69) is 9.97 Å². The summed E-state index contributed by atoms with van der Waals surface area (Å²) in [7, 11) is 0. The highest BCUT2D eigenvalue weighted by Gasteiger charge is 1.98. The van der Waals surface area contributed by atoms with E-state index < -0.39 is 0 Å². The number of hydrogen-bond acceptors (Lipinski definition) is 2. The van der Waals surface area contributed by atoms with Crippen molar-refractivity contribution in [3.63, 3.8) is 0 Å². The van der Waals surface area contributed by atoms with Crippen LogP contribution in [0.1, 0.15) is 0 Å². The summed E-state index contributed by atoms with van der Waals surface area (Å²) in [6, 6.07) is 3.30. The normalized spacial score (nSPS) is 10.5. The molecule has 4 N–H and O–H groups in total. The number of aromatic amines is 2. The number of rotatable bonds is 0. The minimum Gasteiger partial charge on any atom is -0.385 e. The van der Waals surface area contributed by atoms with Gasteiger partial charge in [0.2, 0.25) is 0 Å². The van der Waals surface area contributed by atoms with Crippen molar-refractivity contribution in [2.75, 3.05) is 5.73 Å². The number of nitrogens with two attached hydrogens (primary N) is 1. The van der Waals surface area contributed by atoms with Crippen molar-refractivity contribution in [3.05, 3.63) is 28.7 Å². The molecule has 0 fully saturated rings. The predicted octanol–water partition coefficient (Wildman–Crippen LogP) is 0.438. The Morgan fingerprint density at radius 2 is 2.27 bits per heavy atom. The largest absolute Gasteiger partial charge is 0.385 e. The maximum absolute atomic E-state index is 10.8. The third-order valence-corrected chi connectivity index (χ3v) is 1.60. The molecule has 2 heterocycles. The molecule has 56 valence electrons. The Balaban J connectivity index is 3.02. The molecule has 0 atom stereocenters. The third-order valence-electron chi connectivity index (χ3n) is 1.60. The smallest absolute Gasteiger partial charge is 0.251 e. The van der Waals surface area contributed by atoms with E-state index >= 15 is 0 Å². The molecule has 0 aromatic carbocycles. The van der Waals surface area contributed by atoms with Crippen LogP contribution in [-0.4, -0.2) is 9.97 Å². The number of anilines is 1. The highest BCUT2D eigenvalue weighted by Crippen LogP contribution is 2.13. The number of nitrogen functional groups attached to an aromatic ring is 1. The van der Waals surface area contributed by atoms with Crippen LogP contribution in [0.2, 0.25) is 0 Å². The van der Waals surface area contributed by atoms with E-state index in [9.17, 15) is 4.79 Å². The number of pyridine rings is 1. The highest BCUT2D eigenvalue weighted by atomic mass is 16.1. The SMILES string of the molecule is Nc1[nH]c(=O)cc2[nH]ccc12. The summed E-state index contributed by atoms with van der Waals surface area (Å²) in [5.41, 5.74) is 6.11. The maximum atomic E-state index is 10.8. The molecule has 0 bridgehead atoms. The molecular formula is C7H7N3O. The maximum Gasteiger partial charge on any atom is 0.251 e. The quantitative estimate of drug-likeness (QED) is 0.508. The molecule has 4 nitrogen and oxygen atoms in total. The van der Waals surface area contributed by atoms with Crippen LogP contribution in [0.5, 0.6) is 0 Å². The van der Waals surface area contributed by atoms with Crippen molar-refractivity contribution in [2.24, 2.45) is 0 Å². The van der Waals surface area contributed by atoms with Crippen molar-refractivity contribution in [2.45, 2.75) is 0 Å². The minimum absolute atomic E-state index is 0.183. The van der Waals surface area contributed by atoms with Crippen molar-refractivity contribution >= 4 is 16.7 Å². The van der Waals surface area contributed by atoms with Gasteiger partial charge in [0.1, 0.15) is 5.82 Å². The van der Waals surface area contributed by atoms with E-state index in [0.717, 1.165) is 10.9 Å². The minimum atomic E-state index is -0.183. The molecule has 0 radical (unpaired) electrons. The first-order valence-corrected chi connectivity index (χ1v) is 3.23. The predicted molar refractivity (Wildman–Crippen MR) is 43.3 cm³/mol. The number of fused-ring (bicyclic) bond motifs is 1. The molecular weight excluding hydrogens is 142 g/mol. The summed E-state index contributed by atoms with van der Waals surface area (Å²) >= 11 is 0. The van der Waals surface area contributed by atoms with Crippen LogP contribution in [0.3, 0.4) is 0 Å². The average Bonchev–Trinajstić information content (AvgIpc) is 2.34. The van der Waals surface area contributed by atoms with Gasteiger partial charge in [-0.25, -0.2) is 0 Å². The van der Waals surface area contributed by atoms with Crippen molar-refractivity contribution < 1.29 is 0 Å². The molecule has 2 aromatic heterocycles. The van der Waals surface area contributed by atoms with Crippen molar-refractivity contribution in [1.82, 2.24) is 9.97 Å². The summed E-state index contributed by atoms with van der Waals surface area (Å²) in [6.45, 7) is 0. The fourth-order valence-corrected chi connectivity index (χ4v) is 1.10. The van der Waals surface area contributed by atoms with Gasteiger partial charge in [-0.2, -0.15) is 0 Å². The summed E-state index contributed by atoms with van der Waals surface area (Å²) in [5.74, 6) is 0.411. The van der Waals surface area contributed by atoms with Gasteiger partial charge in [-0.15, -0.1) is 0 Å². The number of hydrogen-bond donors (Lipinski definition) is 3. The topological polar surface area (TPSA) is 74.7 Å². The summed E-state index contributed by atoms with van der Waals surface area (Å²) in [4.78, 5) is 16.2. The first-order chi connectivity index (χ1) is 5.27. The first-order valence-electron chi connectivity index (χ1n) is 3.23. The van der Waals surface area contributed by atoms with E-state index in [1.165, 1.54) is 6.07 Å². The van der Waals surface area contributed by atoms with Gasteiger partial charge < -0.3 is 15.7 Å². The second kappa shape index (κ2) is 1.88. The van der Waals surface area contributed by atoms with Gasteiger partial charge in [-0.1, -0.05) is 0 Å². The molecule has 0 aliphatic carbocycles. The molecule has 2 aromatic rings. The summed E-state index contributed by atoms with van der Waals surface area (Å²) in [6.07, 6.45) is 1.74. The van der Waals surface area contributed by atoms with Crippen LogP contribution < -0.4 is 11.3 Å².